The van der Waals surface area contributed by atoms with Crippen molar-refractivity contribution in [2.75, 3.05) is 12.3 Å². The van der Waals surface area contributed by atoms with E-state index in [9.17, 15) is 0 Å². The molecule has 1 atom stereocenters. The monoisotopic (exact) mass is 245 g/mol. The van der Waals surface area contributed by atoms with E-state index in [1.165, 1.54) is 0 Å². The Kier molecular flexibility index (Phi) is 5.02. The first-order valence-electron chi connectivity index (χ1n) is 5.16. The molecule has 0 spiro atoms. The Morgan fingerprint density at radius 1 is 1.53 bits per heavy atom. The summed E-state index contributed by atoms with van der Waals surface area (Å²) in [4.78, 5) is 0. The minimum atomic E-state index is 0.285. The van der Waals surface area contributed by atoms with Crippen LogP contribution in [-0.2, 0) is 0 Å². The first-order valence-corrected chi connectivity index (χ1v) is 7.03. The van der Waals surface area contributed by atoms with Gasteiger partial charge in [0.1, 0.15) is 5.51 Å². The molecule has 5 heteroatoms. The molecule has 1 N–H and O–H groups in total. The van der Waals surface area contributed by atoms with Gasteiger partial charge in [-0.1, -0.05) is 50.8 Å². The van der Waals surface area contributed by atoms with Gasteiger partial charge in [0.2, 0.25) is 0 Å². The van der Waals surface area contributed by atoms with E-state index in [2.05, 4.69) is 43.2 Å². The van der Waals surface area contributed by atoms with E-state index in [-0.39, 0.29) is 5.41 Å². The maximum atomic E-state index is 4.03. The standard InChI is InChI=1S/C10H19N3S2/c1-5-11-8(10(2,3)4)6-14-9-13-12-7-15-9/h7-8,11H,5-6H2,1-4H3. The molecule has 1 aromatic rings. The van der Waals surface area contributed by atoms with Crippen molar-refractivity contribution < 1.29 is 0 Å². The summed E-state index contributed by atoms with van der Waals surface area (Å²) in [6.45, 7) is 9.95. The summed E-state index contributed by atoms with van der Waals surface area (Å²) < 4.78 is 1.06. The average Bonchev–Trinajstić information content (AvgIpc) is 2.62. The summed E-state index contributed by atoms with van der Waals surface area (Å²) in [6, 6.07) is 0.511. The zero-order valence-corrected chi connectivity index (χ0v) is 11.4. The lowest BCUT2D eigenvalue weighted by atomic mass is 9.88. The van der Waals surface area contributed by atoms with E-state index in [0.29, 0.717) is 6.04 Å². The van der Waals surface area contributed by atoms with Crippen molar-refractivity contribution in [3.05, 3.63) is 5.51 Å². The van der Waals surface area contributed by atoms with Gasteiger partial charge in [-0.25, -0.2) is 0 Å². The van der Waals surface area contributed by atoms with Crippen LogP contribution in [0.1, 0.15) is 27.7 Å². The molecule has 0 fully saturated rings. The van der Waals surface area contributed by atoms with Crippen LogP contribution in [0.2, 0.25) is 0 Å². The Bertz CT molecular complexity index is 267. The van der Waals surface area contributed by atoms with Crippen molar-refractivity contribution in [3.63, 3.8) is 0 Å². The van der Waals surface area contributed by atoms with Gasteiger partial charge in [0.05, 0.1) is 0 Å². The SMILES string of the molecule is CCNC(CSc1nncs1)C(C)(C)C. The molecule has 0 aromatic carbocycles. The fraction of sp³-hybridized carbons (Fsp3) is 0.800. The molecule has 0 aliphatic carbocycles. The molecule has 1 rings (SSSR count). The molecule has 0 amide bonds. The lowest BCUT2D eigenvalue weighted by molar-refractivity contribution is 0.295. The molecule has 0 aliphatic rings. The highest BCUT2D eigenvalue weighted by atomic mass is 32.2. The van der Waals surface area contributed by atoms with Crippen LogP contribution in [0, 0.1) is 5.41 Å². The normalized spacial score (nSPS) is 14.1. The van der Waals surface area contributed by atoms with Crippen LogP contribution < -0.4 is 5.32 Å². The Morgan fingerprint density at radius 2 is 2.27 bits per heavy atom. The predicted molar refractivity (Wildman–Crippen MR) is 67.6 cm³/mol. The van der Waals surface area contributed by atoms with Crippen molar-refractivity contribution in [1.29, 1.82) is 0 Å². The third-order valence-electron chi connectivity index (χ3n) is 2.21. The van der Waals surface area contributed by atoms with Gasteiger partial charge in [-0.3, -0.25) is 0 Å². The topological polar surface area (TPSA) is 37.8 Å². The summed E-state index contributed by atoms with van der Waals surface area (Å²) in [5, 5.41) is 11.4. The first kappa shape index (κ1) is 12.9. The van der Waals surface area contributed by atoms with E-state index in [0.717, 1.165) is 16.6 Å². The summed E-state index contributed by atoms with van der Waals surface area (Å²) >= 11 is 3.39. The number of hydrogen-bond acceptors (Lipinski definition) is 5. The fourth-order valence-electron chi connectivity index (χ4n) is 1.24. The zero-order chi connectivity index (χ0) is 11.3. The number of nitrogens with one attached hydrogen (secondary N) is 1. The molecule has 0 saturated carbocycles. The molecule has 3 nitrogen and oxygen atoms in total. The molecule has 15 heavy (non-hydrogen) atoms. The lowest BCUT2D eigenvalue weighted by Crippen LogP contribution is -2.42. The van der Waals surface area contributed by atoms with Gasteiger partial charge in [0, 0.05) is 11.8 Å². The van der Waals surface area contributed by atoms with Gasteiger partial charge in [0.25, 0.3) is 0 Å². The number of aromatic nitrogens is 2. The largest absolute Gasteiger partial charge is 0.313 e. The molecule has 0 saturated heterocycles. The smallest absolute Gasteiger partial charge is 0.174 e. The number of thioether (sulfide) groups is 1. The quantitative estimate of drug-likeness (QED) is 0.809. The van der Waals surface area contributed by atoms with Crippen LogP contribution in [0.3, 0.4) is 0 Å². The first-order chi connectivity index (χ1) is 7.04. The molecule has 0 aliphatic heterocycles. The molecular weight excluding hydrogens is 226 g/mol. The summed E-state index contributed by atoms with van der Waals surface area (Å²) in [6.07, 6.45) is 0. The Morgan fingerprint density at radius 3 is 2.73 bits per heavy atom. The van der Waals surface area contributed by atoms with Crippen LogP contribution >= 0.6 is 23.1 Å². The molecule has 0 bridgehead atoms. The highest BCUT2D eigenvalue weighted by Crippen LogP contribution is 2.26. The second kappa shape index (κ2) is 5.82. The molecule has 1 aromatic heterocycles. The maximum Gasteiger partial charge on any atom is 0.174 e. The van der Waals surface area contributed by atoms with E-state index in [1.54, 1.807) is 28.6 Å². The van der Waals surface area contributed by atoms with Crippen molar-refractivity contribution in [3.8, 4) is 0 Å². The third-order valence-corrected chi connectivity index (χ3v) is 4.16. The van der Waals surface area contributed by atoms with Crippen molar-refractivity contribution >= 4 is 23.1 Å². The van der Waals surface area contributed by atoms with Crippen molar-refractivity contribution in [2.45, 2.75) is 38.1 Å². The molecule has 0 radical (unpaired) electrons. The second-order valence-corrected chi connectivity index (χ2v) is 6.59. The van der Waals surface area contributed by atoms with E-state index in [1.807, 2.05) is 0 Å². The average molecular weight is 245 g/mol. The van der Waals surface area contributed by atoms with Gasteiger partial charge in [-0.15, -0.1) is 10.2 Å². The van der Waals surface area contributed by atoms with Crippen LogP contribution in [0.4, 0.5) is 0 Å². The minimum absolute atomic E-state index is 0.285. The van der Waals surface area contributed by atoms with Gasteiger partial charge < -0.3 is 5.32 Å². The second-order valence-electron chi connectivity index (χ2n) is 4.49. The van der Waals surface area contributed by atoms with Gasteiger partial charge in [-0.2, -0.15) is 0 Å². The third kappa shape index (κ3) is 4.49. The lowest BCUT2D eigenvalue weighted by Gasteiger charge is -2.30. The Labute approximate surface area is 100 Å². The van der Waals surface area contributed by atoms with Crippen LogP contribution in [0.15, 0.2) is 9.85 Å². The highest BCUT2D eigenvalue weighted by molar-refractivity contribution is 8.01. The van der Waals surface area contributed by atoms with Crippen molar-refractivity contribution in [2.24, 2.45) is 5.41 Å². The number of nitrogens with zero attached hydrogens (tertiary/aromatic N) is 2. The Balaban J connectivity index is 2.45. The molecule has 1 unspecified atom stereocenters. The van der Waals surface area contributed by atoms with Gasteiger partial charge in [0.15, 0.2) is 4.34 Å². The predicted octanol–water partition coefficient (Wildman–Crippen LogP) is 2.65. The summed E-state index contributed by atoms with van der Waals surface area (Å²) in [5.74, 6) is 1.05. The van der Waals surface area contributed by atoms with Crippen molar-refractivity contribution in [1.82, 2.24) is 15.5 Å². The van der Waals surface area contributed by atoms with Crippen LogP contribution in [0.25, 0.3) is 0 Å². The Hall–Kier alpha value is -0.130. The number of hydrogen-bond donors (Lipinski definition) is 1. The summed E-state index contributed by atoms with van der Waals surface area (Å²) in [7, 11) is 0. The van der Waals surface area contributed by atoms with Gasteiger partial charge in [-0.05, 0) is 12.0 Å². The maximum absolute atomic E-state index is 4.03. The summed E-state index contributed by atoms with van der Waals surface area (Å²) in [5.41, 5.74) is 2.06. The minimum Gasteiger partial charge on any atom is -0.313 e. The fourth-order valence-corrected chi connectivity index (χ4v) is 3.16. The molecule has 86 valence electrons. The van der Waals surface area contributed by atoms with Crippen LogP contribution in [-0.4, -0.2) is 28.5 Å². The van der Waals surface area contributed by atoms with E-state index < -0.39 is 0 Å². The van der Waals surface area contributed by atoms with E-state index >= 15 is 0 Å². The highest BCUT2D eigenvalue weighted by Gasteiger charge is 2.23. The molecule has 1 heterocycles. The van der Waals surface area contributed by atoms with Crippen LogP contribution in [0.5, 0.6) is 0 Å². The van der Waals surface area contributed by atoms with Gasteiger partial charge >= 0.3 is 0 Å². The zero-order valence-electron chi connectivity index (χ0n) is 9.78. The molecular formula is C10H19N3S2. The number of rotatable bonds is 5. The van der Waals surface area contributed by atoms with E-state index in [4.69, 9.17) is 0 Å².